The molecule has 16 heavy (non-hydrogen) atoms. The summed E-state index contributed by atoms with van der Waals surface area (Å²) in [5.74, 6) is 0.246. The summed E-state index contributed by atoms with van der Waals surface area (Å²) < 4.78 is 0.643. The normalized spacial score (nSPS) is 14.1. The zero-order valence-corrected chi connectivity index (χ0v) is 10.0. The van der Waals surface area contributed by atoms with E-state index >= 15 is 0 Å². The fourth-order valence-corrected chi connectivity index (χ4v) is 2.51. The summed E-state index contributed by atoms with van der Waals surface area (Å²) in [5, 5.41) is 13.5. The number of hydrogen-bond donors (Lipinski definition) is 1. The maximum atomic E-state index is 10.1. The summed E-state index contributed by atoms with van der Waals surface area (Å²) in [7, 11) is 0. The molecule has 1 heterocycles. The highest BCUT2D eigenvalue weighted by atomic mass is 79.9. The molecule has 1 aliphatic heterocycles. The average molecular weight is 277 g/mol. The minimum atomic E-state index is 0.246. The van der Waals surface area contributed by atoms with Gasteiger partial charge >= 0.3 is 0 Å². The largest absolute Gasteiger partial charge is 0.506 e. The molecule has 0 spiro atoms. The van der Waals surface area contributed by atoms with Crippen LogP contribution < -0.4 is 10.7 Å². The topological polar surface area (TPSA) is 45.0 Å². The van der Waals surface area contributed by atoms with Crippen LogP contribution in [0.3, 0.4) is 0 Å². The summed E-state index contributed by atoms with van der Waals surface area (Å²) in [4.78, 5) is 8.89. The Morgan fingerprint density at radius 2 is 1.62 bits per heavy atom. The van der Waals surface area contributed by atoms with Gasteiger partial charge in [-0.3, -0.25) is 9.98 Å². The number of phenolic OH excluding ortho intramolecular Hbond substituents is 1. The van der Waals surface area contributed by atoms with Gasteiger partial charge < -0.3 is 5.11 Å². The zero-order valence-electron chi connectivity index (χ0n) is 8.44. The molecule has 1 aliphatic rings. The summed E-state index contributed by atoms with van der Waals surface area (Å²) in [5.41, 5.74) is 0. The Labute approximate surface area is 100 Å². The van der Waals surface area contributed by atoms with Crippen molar-refractivity contribution in [3.8, 4) is 5.75 Å². The second-order valence-corrected chi connectivity index (χ2v) is 4.46. The van der Waals surface area contributed by atoms with Gasteiger partial charge in [0.15, 0.2) is 0 Å². The SMILES string of the molecule is Oc1c(Br)c2c(c3ccccc13)=NCCN=2. The van der Waals surface area contributed by atoms with E-state index in [1.54, 1.807) is 0 Å². The van der Waals surface area contributed by atoms with Gasteiger partial charge in [-0.1, -0.05) is 24.3 Å². The van der Waals surface area contributed by atoms with Gasteiger partial charge in [-0.2, -0.15) is 0 Å². The molecule has 4 heteroatoms. The van der Waals surface area contributed by atoms with Gasteiger partial charge in [0, 0.05) is 10.8 Å². The Bertz CT molecular complexity index is 694. The summed E-state index contributed by atoms with van der Waals surface area (Å²) in [6.45, 7) is 1.40. The molecule has 2 aromatic rings. The molecular formula is C12H9BrN2O. The fourth-order valence-electron chi connectivity index (χ4n) is 1.99. The number of fused-ring (bicyclic) bond motifs is 3. The number of nitrogens with zero attached hydrogens (tertiary/aromatic N) is 2. The first kappa shape index (κ1) is 9.78. The van der Waals surface area contributed by atoms with Crippen molar-refractivity contribution in [2.45, 2.75) is 0 Å². The molecule has 0 fully saturated rings. The van der Waals surface area contributed by atoms with Gasteiger partial charge in [0.2, 0.25) is 0 Å². The van der Waals surface area contributed by atoms with Gasteiger partial charge in [0.05, 0.1) is 22.9 Å². The minimum absolute atomic E-state index is 0.246. The molecule has 0 saturated heterocycles. The molecule has 0 atom stereocenters. The van der Waals surface area contributed by atoms with E-state index in [1.807, 2.05) is 24.3 Å². The number of aromatic hydroxyl groups is 1. The van der Waals surface area contributed by atoms with Crippen molar-refractivity contribution in [3.05, 3.63) is 39.5 Å². The quantitative estimate of drug-likeness (QED) is 0.780. The van der Waals surface area contributed by atoms with Crippen molar-refractivity contribution < 1.29 is 5.11 Å². The lowest BCUT2D eigenvalue weighted by Gasteiger charge is -2.08. The number of phenols is 1. The number of benzene rings is 2. The van der Waals surface area contributed by atoms with Crippen LogP contribution in [0.25, 0.3) is 10.8 Å². The predicted octanol–water partition coefficient (Wildman–Crippen LogP) is 1.56. The minimum Gasteiger partial charge on any atom is -0.506 e. The molecule has 0 aliphatic carbocycles. The second kappa shape index (κ2) is 3.56. The molecule has 3 rings (SSSR count). The van der Waals surface area contributed by atoms with E-state index in [2.05, 4.69) is 25.9 Å². The van der Waals surface area contributed by atoms with E-state index in [-0.39, 0.29) is 5.75 Å². The first-order valence-electron chi connectivity index (χ1n) is 5.07. The average Bonchev–Trinajstić information content (AvgIpc) is 2.36. The predicted molar refractivity (Wildman–Crippen MR) is 65.4 cm³/mol. The third kappa shape index (κ3) is 1.26. The third-order valence-electron chi connectivity index (χ3n) is 2.72. The summed E-state index contributed by atoms with van der Waals surface area (Å²) in [6, 6.07) is 7.70. The molecule has 1 N–H and O–H groups in total. The third-order valence-corrected chi connectivity index (χ3v) is 3.47. The van der Waals surface area contributed by atoms with E-state index in [1.165, 1.54) is 0 Å². The van der Waals surface area contributed by atoms with Gasteiger partial charge in [0.25, 0.3) is 0 Å². The van der Waals surface area contributed by atoms with E-state index in [9.17, 15) is 5.11 Å². The monoisotopic (exact) mass is 276 g/mol. The second-order valence-electron chi connectivity index (χ2n) is 3.67. The molecule has 0 aromatic heterocycles. The Kier molecular flexibility index (Phi) is 2.17. The molecule has 2 aromatic carbocycles. The highest BCUT2D eigenvalue weighted by Gasteiger charge is 2.11. The first-order chi connectivity index (χ1) is 7.79. The summed E-state index contributed by atoms with van der Waals surface area (Å²) in [6.07, 6.45) is 0. The Hall–Kier alpha value is -1.42. The summed E-state index contributed by atoms with van der Waals surface area (Å²) >= 11 is 3.38. The lowest BCUT2D eigenvalue weighted by Crippen LogP contribution is -2.32. The number of hydrogen-bond acceptors (Lipinski definition) is 3. The van der Waals surface area contributed by atoms with Gasteiger partial charge in [-0.05, 0) is 15.9 Å². The van der Waals surface area contributed by atoms with E-state index in [0.717, 1.165) is 21.5 Å². The molecule has 3 nitrogen and oxygen atoms in total. The smallest absolute Gasteiger partial charge is 0.139 e. The van der Waals surface area contributed by atoms with E-state index in [0.29, 0.717) is 17.6 Å². The highest BCUT2D eigenvalue weighted by Crippen LogP contribution is 2.27. The molecule has 0 radical (unpaired) electrons. The van der Waals surface area contributed by atoms with Crippen molar-refractivity contribution in [1.82, 2.24) is 0 Å². The van der Waals surface area contributed by atoms with Crippen molar-refractivity contribution in [1.29, 1.82) is 0 Å². The number of rotatable bonds is 0. The van der Waals surface area contributed by atoms with Gasteiger partial charge in [-0.15, -0.1) is 0 Å². The van der Waals surface area contributed by atoms with Crippen LogP contribution in [0.1, 0.15) is 0 Å². The zero-order chi connectivity index (χ0) is 11.1. The van der Waals surface area contributed by atoms with Crippen molar-refractivity contribution >= 4 is 26.7 Å². The van der Waals surface area contributed by atoms with Gasteiger partial charge in [0.1, 0.15) is 11.1 Å². The molecule has 80 valence electrons. The van der Waals surface area contributed by atoms with Crippen LogP contribution in [0.5, 0.6) is 5.75 Å². The first-order valence-corrected chi connectivity index (χ1v) is 5.86. The van der Waals surface area contributed by atoms with Crippen molar-refractivity contribution in [3.63, 3.8) is 0 Å². The maximum Gasteiger partial charge on any atom is 0.139 e. The molecular weight excluding hydrogens is 268 g/mol. The lowest BCUT2D eigenvalue weighted by molar-refractivity contribution is 0.477. The van der Waals surface area contributed by atoms with Crippen LogP contribution >= 0.6 is 15.9 Å². The van der Waals surface area contributed by atoms with Crippen LogP contribution in [-0.2, 0) is 0 Å². The molecule has 0 unspecified atom stereocenters. The van der Waals surface area contributed by atoms with Crippen LogP contribution in [0.2, 0.25) is 0 Å². The fraction of sp³-hybridized carbons (Fsp3) is 0.167. The van der Waals surface area contributed by atoms with Gasteiger partial charge in [-0.25, -0.2) is 0 Å². The molecule has 0 bridgehead atoms. The van der Waals surface area contributed by atoms with Crippen LogP contribution in [-0.4, -0.2) is 18.2 Å². The van der Waals surface area contributed by atoms with Crippen LogP contribution in [0.4, 0.5) is 0 Å². The van der Waals surface area contributed by atoms with Crippen LogP contribution in [0.15, 0.2) is 38.7 Å². The maximum absolute atomic E-state index is 10.1. The standard InChI is InChI=1S/C12H9BrN2O/c13-9-11-10(14-5-6-15-11)7-3-1-2-4-8(7)12(9)16/h1-4,16H,5-6H2. The van der Waals surface area contributed by atoms with E-state index < -0.39 is 0 Å². The van der Waals surface area contributed by atoms with Crippen LogP contribution in [0, 0.1) is 0 Å². The Morgan fingerprint density at radius 3 is 2.38 bits per heavy atom. The number of halogens is 1. The highest BCUT2D eigenvalue weighted by molar-refractivity contribution is 9.10. The Balaban J connectivity index is 2.68. The van der Waals surface area contributed by atoms with E-state index in [4.69, 9.17) is 0 Å². The lowest BCUT2D eigenvalue weighted by atomic mass is 10.1. The molecule has 0 amide bonds. The van der Waals surface area contributed by atoms with Crippen molar-refractivity contribution in [2.24, 2.45) is 9.98 Å². The van der Waals surface area contributed by atoms with Crippen molar-refractivity contribution in [2.75, 3.05) is 13.1 Å². The Morgan fingerprint density at radius 1 is 1.00 bits per heavy atom. The molecule has 0 saturated carbocycles.